The average molecular weight is 409 g/mol. The standard InChI is InChI=1S/C27H23NO3/c1-18-13-14-21(19(2)29)16-20(18)8-7-15-28-27(30)31-17-26-24-11-5-3-9-22(24)23-10-4-6-12-25(23)26/h3-6,9-14,16,26H,15,17H2,1-2H3,(H,28,30). The van der Waals surface area contributed by atoms with Crippen LogP contribution in [0.5, 0.6) is 0 Å². The van der Waals surface area contributed by atoms with Gasteiger partial charge >= 0.3 is 6.09 Å². The van der Waals surface area contributed by atoms with Gasteiger partial charge in [0.05, 0.1) is 6.54 Å². The molecular formula is C27H23NO3. The molecule has 154 valence electrons. The molecule has 3 aromatic carbocycles. The molecule has 0 radical (unpaired) electrons. The van der Waals surface area contributed by atoms with Crippen LogP contribution in [-0.4, -0.2) is 25.0 Å². The van der Waals surface area contributed by atoms with Crippen molar-refractivity contribution in [3.05, 3.63) is 94.5 Å². The van der Waals surface area contributed by atoms with E-state index in [-0.39, 0.29) is 24.9 Å². The van der Waals surface area contributed by atoms with E-state index in [1.807, 2.05) is 37.3 Å². The van der Waals surface area contributed by atoms with Gasteiger partial charge in [-0.2, -0.15) is 0 Å². The third-order valence-electron chi connectivity index (χ3n) is 5.53. The zero-order valence-corrected chi connectivity index (χ0v) is 17.6. The molecule has 0 unspecified atom stereocenters. The Morgan fingerprint density at radius 2 is 1.61 bits per heavy atom. The summed E-state index contributed by atoms with van der Waals surface area (Å²) < 4.78 is 5.50. The fraction of sp³-hybridized carbons (Fsp3) is 0.185. The summed E-state index contributed by atoms with van der Waals surface area (Å²) in [5.74, 6) is 5.97. The first-order chi connectivity index (χ1) is 15.0. The van der Waals surface area contributed by atoms with E-state index in [0.717, 1.165) is 11.1 Å². The second-order valence-corrected chi connectivity index (χ2v) is 7.57. The summed E-state index contributed by atoms with van der Waals surface area (Å²) in [5, 5.41) is 2.68. The van der Waals surface area contributed by atoms with Crippen LogP contribution in [0.4, 0.5) is 4.79 Å². The van der Waals surface area contributed by atoms with Crippen LogP contribution in [0, 0.1) is 18.8 Å². The molecule has 3 aromatic rings. The number of rotatable bonds is 4. The van der Waals surface area contributed by atoms with E-state index in [1.165, 1.54) is 29.2 Å². The third kappa shape index (κ3) is 4.36. The smallest absolute Gasteiger partial charge is 0.407 e. The molecule has 0 bridgehead atoms. The number of hydrogen-bond donors (Lipinski definition) is 1. The zero-order chi connectivity index (χ0) is 21.8. The molecule has 1 aliphatic rings. The molecule has 1 N–H and O–H groups in total. The van der Waals surface area contributed by atoms with Gasteiger partial charge in [0.25, 0.3) is 0 Å². The molecule has 0 fully saturated rings. The number of aryl methyl sites for hydroxylation is 1. The molecule has 0 saturated carbocycles. The number of carbonyl (C=O) groups is 2. The Labute approximate surface area is 182 Å². The quantitative estimate of drug-likeness (QED) is 0.482. The molecule has 1 amide bonds. The van der Waals surface area contributed by atoms with Crippen molar-refractivity contribution in [3.63, 3.8) is 0 Å². The van der Waals surface area contributed by atoms with E-state index in [1.54, 1.807) is 12.1 Å². The SMILES string of the molecule is CC(=O)c1ccc(C)c(C#CCNC(=O)OCC2c3ccccc3-c3ccccc32)c1. The lowest BCUT2D eigenvalue weighted by Crippen LogP contribution is -2.26. The predicted octanol–water partition coefficient (Wildman–Crippen LogP) is 5.09. The molecule has 0 atom stereocenters. The lowest BCUT2D eigenvalue weighted by atomic mass is 9.98. The number of fused-ring (bicyclic) bond motifs is 3. The van der Waals surface area contributed by atoms with Crippen LogP contribution in [0.3, 0.4) is 0 Å². The number of hydrogen-bond acceptors (Lipinski definition) is 3. The molecule has 0 saturated heterocycles. The van der Waals surface area contributed by atoms with Gasteiger partial charge in [0.2, 0.25) is 0 Å². The Morgan fingerprint density at radius 1 is 0.968 bits per heavy atom. The molecule has 0 aliphatic heterocycles. The summed E-state index contributed by atoms with van der Waals surface area (Å²) in [6.45, 7) is 3.90. The maximum Gasteiger partial charge on any atom is 0.407 e. The van der Waals surface area contributed by atoms with Crippen LogP contribution in [0.2, 0.25) is 0 Å². The lowest BCUT2D eigenvalue weighted by molar-refractivity contribution is 0.101. The molecule has 1 aliphatic carbocycles. The van der Waals surface area contributed by atoms with Crippen LogP contribution in [0.1, 0.15) is 45.5 Å². The highest BCUT2D eigenvalue weighted by atomic mass is 16.5. The molecule has 0 aromatic heterocycles. The first-order valence-electron chi connectivity index (χ1n) is 10.2. The first kappa shape index (κ1) is 20.4. The maximum atomic E-state index is 12.2. The normalized spacial score (nSPS) is 11.7. The highest BCUT2D eigenvalue weighted by Gasteiger charge is 2.28. The summed E-state index contributed by atoms with van der Waals surface area (Å²) >= 11 is 0. The Balaban J connectivity index is 1.36. The zero-order valence-electron chi connectivity index (χ0n) is 17.6. The first-order valence-corrected chi connectivity index (χ1v) is 10.2. The van der Waals surface area contributed by atoms with Gasteiger partial charge in [-0.05, 0) is 47.7 Å². The van der Waals surface area contributed by atoms with Crippen molar-refractivity contribution >= 4 is 11.9 Å². The van der Waals surface area contributed by atoms with E-state index < -0.39 is 6.09 Å². The number of Topliss-reactive ketones (excluding diaryl/α,β-unsaturated/α-hetero) is 1. The highest BCUT2D eigenvalue weighted by molar-refractivity contribution is 5.94. The topological polar surface area (TPSA) is 55.4 Å². The lowest BCUT2D eigenvalue weighted by Gasteiger charge is -2.14. The summed E-state index contributed by atoms with van der Waals surface area (Å²) in [6, 6.07) is 21.9. The Morgan fingerprint density at radius 3 is 2.26 bits per heavy atom. The Bertz CT molecular complexity index is 1170. The number of ketones is 1. The van der Waals surface area contributed by atoms with Crippen molar-refractivity contribution in [2.45, 2.75) is 19.8 Å². The van der Waals surface area contributed by atoms with E-state index in [9.17, 15) is 9.59 Å². The van der Waals surface area contributed by atoms with Crippen LogP contribution < -0.4 is 5.32 Å². The summed E-state index contributed by atoms with van der Waals surface area (Å²) in [5.41, 5.74) is 7.14. The van der Waals surface area contributed by atoms with Crippen molar-refractivity contribution in [2.75, 3.05) is 13.2 Å². The largest absolute Gasteiger partial charge is 0.449 e. The van der Waals surface area contributed by atoms with E-state index >= 15 is 0 Å². The minimum absolute atomic E-state index is 0.000174. The van der Waals surface area contributed by atoms with E-state index in [0.29, 0.717) is 5.56 Å². The fourth-order valence-corrected chi connectivity index (χ4v) is 3.88. The minimum atomic E-state index is -0.495. The van der Waals surface area contributed by atoms with Crippen LogP contribution in [0.15, 0.2) is 66.7 Å². The van der Waals surface area contributed by atoms with Crippen LogP contribution in [-0.2, 0) is 4.74 Å². The van der Waals surface area contributed by atoms with Crippen LogP contribution in [0.25, 0.3) is 11.1 Å². The van der Waals surface area contributed by atoms with Crippen molar-refractivity contribution in [1.82, 2.24) is 5.32 Å². The highest BCUT2D eigenvalue weighted by Crippen LogP contribution is 2.44. The average Bonchev–Trinajstić information content (AvgIpc) is 3.10. The van der Waals surface area contributed by atoms with Crippen molar-refractivity contribution in [3.8, 4) is 23.0 Å². The van der Waals surface area contributed by atoms with Crippen molar-refractivity contribution in [2.24, 2.45) is 0 Å². The van der Waals surface area contributed by atoms with Gasteiger partial charge in [-0.3, -0.25) is 4.79 Å². The summed E-state index contributed by atoms with van der Waals surface area (Å²) in [4.78, 5) is 23.7. The number of ether oxygens (including phenoxy) is 1. The number of carbonyl (C=O) groups excluding carboxylic acids is 2. The van der Waals surface area contributed by atoms with Gasteiger partial charge in [0, 0.05) is 17.0 Å². The van der Waals surface area contributed by atoms with E-state index in [4.69, 9.17) is 4.74 Å². The monoisotopic (exact) mass is 409 g/mol. The van der Waals surface area contributed by atoms with Gasteiger partial charge in [-0.25, -0.2) is 4.79 Å². The van der Waals surface area contributed by atoms with Gasteiger partial charge in [0.1, 0.15) is 6.61 Å². The molecular weight excluding hydrogens is 386 g/mol. The fourth-order valence-electron chi connectivity index (χ4n) is 3.88. The summed E-state index contributed by atoms with van der Waals surface area (Å²) in [6.07, 6.45) is -0.495. The number of amides is 1. The Kier molecular flexibility index (Phi) is 5.86. The van der Waals surface area contributed by atoms with Crippen molar-refractivity contribution < 1.29 is 14.3 Å². The second-order valence-electron chi connectivity index (χ2n) is 7.57. The molecule has 31 heavy (non-hydrogen) atoms. The number of benzene rings is 3. The van der Waals surface area contributed by atoms with Gasteiger partial charge in [-0.15, -0.1) is 0 Å². The second kappa shape index (κ2) is 8.89. The maximum absolute atomic E-state index is 12.2. The van der Waals surface area contributed by atoms with Gasteiger partial charge in [0.15, 0.2) is 5.78 Å². The van der Waals surface area contributed by atoms with E-state index in [2.05, 4.69) is 41.4 Å². The molecule has 4 heteroatoms. The third-order valence-corrected chi connectivity index (χ3v) is 5.53. The Hall–Kier alpha value is -3.84. The van der Waals surface area contributed by atoms with Crippen LogP contribution >= 0.6 is 0 Å². The molecule has 4 rings (SSSR count). The molecule has 0 spiro atoms. The number of alkyl carbamates (subject to hydrolysis) is 1. The molecule has 0 heterocycles. The summed E-state index contributed by atoms with van der Waals surface area (Å²) in [7, 11) is 0. The minimum Gasteiger partial charge on any atom is -0.449 e. The number of nitrogens with one attached hydrogen (secondary N) is 1. The predicted molar refractivity (Wildman–Crippen MR) is 121 cm³/mol. The van der Waals surface area contributed by atoms with Gasteiger partial charge < -0.3 is 10.1 Å². The van der Waals surface area contributed by atoms with Gasteiger partial charge in [-0.1, -0.05) is 72.5 Å². The van der Waals surface area contributed by atoms with Crippen molar-refractivity contribution in [1.29, 1.82) is 0 Å². The molecule has 4 nitrogen and oxygen atoms in total.